The molecule has 0 aliphatic rings. The van der Waals surface area contributed by atoms with Gasteiger partial charge in [0.25, 0.3) is 0 Å². The average Bonchev–Trinajstić information content (AvgIpc) is 3.19. The third-order valence-corrected chi connectivity index (χ3v) is 4.60. The van der Waals surface area contributed by atoms with E-state index >= 15 is 0 Å². The summed E-state index contributed by atoms with van der Waals surface area (Å²) in [5.41, 5.74) is 6.97. The second-order valence-electron chi connectivity index (χ2n) is 6.58. The van der Waals surface area contributed by atoms with Crippen LogP contribution in [-0.2, 0) is 6.42 Å². The summed E-state index contributed by atoms with van der Waals surface area (Å²) in [6.45, 7) is 5.86. The second-order valence-corrected chi connectivity index (χ2v) is 6.58. The van der Waals surface area contributed by atoms with E-state index in [1.165, 1.54) is 5.56 Å². The zero-order chi connectivity index (χ0) is 18.3. The van der Waals surface area contributed by atoms with Gasteiger partial charge >= 0.3 is 0 Å². The lowest BCUT2D eigenvalue weighted by atomic mass is 10.1. The van der Waals surface area contributed by atoms with Gasteiger partial charge in [0.2, 0.25) is 0 Å². The summed E-state index contributed by atoms with van der Waals surface area (Å²) in [6.07, 6.45) is 3.82. The van der Waals surface area contributed by atoms with E-state index in [-0.39, 0.29) is 12.2 Å². The summed E-state index contributed by atoms with van der Waals surface area (Å²) in [7, 11) is 0. The van der Waals surface area contributed by atoms with Crippen LogP contribution in [0.5, 0.6) is 0 Å². The molecular weight excluding hydrogens is 326 g/mol. The molecule has 6 nitrogen and oxygen atoms in total. The number of hydrogen-bond donors (Lipinski definition) is 1. The minimum absolute atomic E-state index is 0.0288. The molecule has 0 unspecified atom stereocenters. The fourth-order valence-corrected chi connectivity index (χ4v) is 2.90. The molecule has 1 aromatic carbocycles. The lowest BCUT2D eigenvalue weighted by molar-refractivity contribution is 0.0987. The maximum atomic E-state index is 12.5. The third kappa shape index (κ3) is 2.90. The molecule has 3 aromatic heterocycles. The predicted molar refractivity (Wildman–Crippen MR) is 99.3 cm³/mol. The number of benzene rings is 1. The van der Waals surface area contributed by atoms with Gasteiger partial charge in [-0.05, 0) is 26.3 Å². The number of nitrogens with zero attached hydrogens (tertiary/aromatic N) is 4. The first-order chi connectivity index (χ1) is 12.5. The van der Waals surface area contributed by atoms with Gasteiger partial charge < -0.3 is 0 Å². The molecule has 1 N–H and O–H groups in total. The Morgan fingerprint density at radius 2 is 1.92 bits per heavy atom. The SMILES string of the molecule is Cc1ccc(-c2cc3ncc(CC(=O)c4n[nH]c(C)c4C)cn3n2)cc1. The van der Waals surface area contributed by atoms with Crippen molar-refractivity contribution in [2.75, 3.05) is 0 Å². The molecule has 0 saturated carbocycles. The van der Waals surface area contributed by atoms with E-state index in [1.807, 2.05) is 38.2 Å². The van der Waals surface area contributed by atoms with Gasteiger partial charge in [0.15, 0.2) is 11.4 Å². The quantitative estimate of drug-likeness (QED) is 0.575. The Kier molecular flexibility index (Phi) is 3.88. The molecule has 0 bridgehead atoms. The lowest BCUT2D eigenvalue weighted by Gasteiger charge is -2.01. The van der Waals surface area contributed by atoms with Gasteiger partial charge in [-0.1, -0.05) is 29.8 Å². The van der Waals surface area contributed by atoms with Crippen LogP contribution in [0, 0.1) is 20.8 Å². The smallest absolute Gasteiger partial charge is 0.187 e. The Labute approximate surface area is 150 Å². The predicted octanol–water partition coefficient (Wildman–Crippen LogP) is 3.47. The third-order valence-electron chi connectivity index (χ3n) is 4.60. The molecule has 6 heteroatoms. The Bertz CT molecular complexity index is 1110. The molecule has 0 aliphatic heterocycles. The Balaban J connectivity index is 1.62. The summed E-state index contributed by atoms with van der Waals surface area (Å²) in [4.78, 5) is 16.9. The number of fused-ring (bicyclic) bond motifs is 1. The molecule has 4 rings (SSSR count). The molecular formula is C20H19N5O. The van der Waals surface area contributed by atoms with Gasteiger partial charge in [-0.3, -0.25) is 9.89 Å². The number of rotatable bonds is 4. The number of aryl methyl sites for hydroxylation is 2. The Morgan fingerprint density at radius 3 is 2.62 bits per heavy atom. The standard InChI is InChI=1S/C20H19N5O/c1-12-4-6-16(7-5-12)17-9-19-21-10-15(11-25(19)24-17)8-18(26)20-13(2)14(3)22-23-20/h4-7,9-11H,8H2,1-3H3,(H,22,23). The molecule has 130 valence electrons. The van der Waals surface area contributed by atoms with E-state index in [1.54, 1.807) is 10.7 Å². The van der Waals surface area contributed by atoms with Crippen LogP contribution in [0.4, 0.5) is 0 Å². The van der Waals surface area contributed by atoms with Gasteiger partial charge in [-0.25, -0.2) is 9.50 Å². The van der Waals surface area contributed by atoms with E-state index < -0.39 is 0 Å². The molecule has 4 aromatic rings. The highest BCUT2D eigenvalue weighted by Crippen LogP contribution is 2.20. The average molecular weight is 345 g/mol. The topological polar surface area (TPSA) is 75.9 Å². The van der Waals surface area contributed by atoms with Crippen LogP contribution in [0.1, 0.15) is 32.9 Å². The zero-order valence-corrected chi connectivity index (χ0v) is 14.9. The zero-order valence-electron chi connectivity index (χ0n) is 14.9. The van der Waals surface area contributed by atoms with Crippen LogP contribution >= 0.6 is 0 Å². The minimum atomic E-state index is -0.0288. The summed E-state index contributed by atoms with van der Waals surface area (Å²) >= 11 is 0. The van der Waals surface area contributed by atoms with Crippen LogP contribution in [0.15, 0.2) is 42.7 Å². The van der Waals surface area contributed by atoms with Gasteiger partial charge in [0.1, 0.15) is 5.69 Å². The van der Waals surface area contributed by atoms with E-state index in [0.29, 0.717) is 5.69 Å². The van der Waals surface area contributed by atoms with Crippen molar-refractivity contribution in [3.05, 3.63) is 70.8 Å². The highest BCUT2D eigenvalue weighted by Gasteiger charge is 2.16. The summed E-state index contributed by atoms with van der Waals surface area (Å²) in [5.74, 6) is -0.0288. The van der Waals surface area contributed by atoms with Crippen molar-refractivity contribution in [3.63, 3.8) is 0 Å². The van der Waals surface area contributed by atoms with Crippen molar-refractivity contribution in [1.29, 1.82) is 0 Å². The van der Waals surface area contributed by atoms with Crippen LogP contribution in [0.3, 0.4) is 0 Å². The van der Waals surface area contributed by atoms with Crippen molar-refractivity contribution < 1.29 is 4.79 Å². The van der Waals surface area contributed by atoms with Crippen LogP contribution in [0.2, 0.25) is 0 Å². The molecule has 0 amide bonds. The van der Waals surface area contributed by atoms with Gasteiger partial charge in [-0.15, -0.1) is 0 Å². The molecule has 0 spiro atoms. The van der Waals surface area contributed by atoms with Gasteiger partial charge in [0, 0.05) is 41.7 Å². The largest absolute Gasteiger partial charge is 0.292 e. The summed E-state index contributed by atoms with van der Waals surface area (Å²) in [5, 5.41) is 11.6. The van der Waals surface area contributed by atoms with E-state index in [2.05, 4.69) is 39.3 Å². The molecule has 0 radical (unpaired) electrons. The normalized spacial score (nSPS) is 11.2. The highest BCUT2D eigenvalue weighted by molar-refractivity contribution is 5.97. The lowest BCUT2D eigenvalue weighted by Crippen LogP contribution is -2.07. The van der Waals surface area contributed by atoms with Crippen molar-refractivity contribution in [3.8, 4) is 11.3 Å². The number of hydrogen-bond acceptors (Lipinski definition) is 4. The summed E-state index contributed by atoms with van der Waals surface area (Å²) < 4.78 is 1.72. The number of carbonyl (C=O) groups excluding carboxylic acids is 1. The van der Waals surface area contributed by atoms with Gasteiger partial charge in [0.05, 0.1) is 5.69 Å². The molecule has 0 atom stereocenters. The molecule has 0 fully saturated rings. The maximum Gasteiger partial charge on any atom is 0.187 e. The minimum Gasteiger partial charge on any atom is -0.292 e. The molecule has 26 heavy (non-hydrogen) atoms. The fourth-order valence-electron chi connectivity index (χ4n) is 2.90. The number of Topliss-reactive ketones (excluding diaryl/α,β-unsaturated/α-hetero) is 1. The Hall–Kier alpha value is -3.28. The van der Waals surface area contributed by atoms with Gasteiger partial charge in [-0.2, -0.15) is 10.2 Å². The number of nitrogens with one attached hydrogen (secondary N) is 1. The maximum absolute atomic E-state index is 12.5. The van der Waals surface area contributed by atoms with Crippen molar-refractivity contribution in [2.24, 2.45) is 0 Å². The first kappa shape index (κ1) is 16.2. The monoisotopic (exact) mass is 345 g/mol. The first-order valence-electron chi connectivity index (χ1n) is 8.47. The Morgan fingerprint density at radius 1 is 1.15 bits per heavy atom. The van der Waals surface area contributed by atoms with Crippen LogP contribution in [-0.4, -0.2) is 30.6 Å². The van der Waals surface area contributed by atoms with Crippen molar-refractivity contribution >= 4 is 11.4 Å². The number of aromatic nitrogens is 5. The van der Waals surface area contributed by atoms with E-state index in [0.717, 1.165) is 33.7 Å². The number of aromatic amines is 1. The summed E-state index contributed by atoms with van der Waals surface area (Å²) in [6, 6.07) is 10.2. The fraction of sp³-hybridized carbons (Fsp3) is 0.200. The van der Waals surface area contributed by atoms with Crippen molar-refractivity contribution in [2.45, 2.75) is 27.2 Å². The highest BCUT2D eigenvalue weighted by atomic mass is 16.1. The molecule has 0 aliphatic carbocycles. The van der Waals surface area contributed by atoms with Crippen molar-refractivity contribution in [1.82, 2.24) is 24.8 Å². The number of ketones is 1. The van der Waals surface area contributed by atoms with Crippen LogP contribution in [0.25, 0.3) is 16.9 Å². The number of carbonyl (C=O) groups is 1. The van der Waals surface area contributed by atoms with Crippen LogP contribution < -0.4 is 0 Å². The van der Waals surface area contributed by atoms with E-state index in [9.17, 15) is 4.79 Å². The first-order valence-corrected chi connectivity index (χ1v) is 8.47. The molecule has 0 saturated heterocycles. The number of H-pyrrole nitrogens is 1. The van der Waals surface area contributed by atoms with E-state index in [4.69, 9.17) is 0 Å². The second kappa shape index (κ2) is 6.22. The molecule has 3 heterocycles.